The fourth-order valence-corrected chi connectivity index (χ4v) is 2.36. The third kappa shape index (κ3) is 4.79. The van der Waals surface area contributed by atoms with Crippen LogP contribution in [0.25, 0.3) is 0 Å². The van der Waals surface area contributed by atoms with Gasteiger partial charge in [-0.05, 0) is 32.9 Å². The lowest BCUT2D eigenvalue weighted by atomic mass is 9.95. The molecule has 2 aromatic rings. The first-order chi connectivity index (χ1) is 11.4. The Morgan fingerprint density at radius 1 is 0.833 bits per heavy atom. The number of rotatable bonds is 6. The van der Waals surface area contributed by atoms with Crippen molar-refractivity contribution in [2.24, 2.45) is 5.92 Å². The maximum atomic E-state index is 12.3. The van der Waals surface area contributed by atoms with Crippen molar-refractivity contribution in [2.45, 2.75) is 40.2 Å². The molecular formula is C21H24O3. The molecule has 126 valence electrons. The minimum absolute atomic E-state index is 0.0480. The first kappa shape index (κ1) is 17.9. The number of benzene rings is 2. The van der Waals surface area contributed by atoms with E-state index in [2.05, 4.69) is 0 Å². The summed E-state index contributed by atoms with van der Waals surface area (Å²) >= 11 is 0. The van der Waals surface area contributed by atoms with E-state index in [4.69, 9.17) is 4.74 Å². The second-order valence-electron chi connectivity index (χ2n) is 6.45. The zero-order valence-electron chi connectivity index (χ0n) is 14.7. The smallest absolute Gasteiger partial charge is 0.338 e. The van der Waals surface area contributed by atoms with Gasteiger partial charge in [-0.25, -0.2) is 4.79 Å². The number of ether oxygens (including phenoxy) is 1. The molecule has 0 fully saturated rings. The molecule has 3 nitrogen and oxygen atoms in total. The molecule has 0 heterocycles. The summed E-state index contributed by atoms with van der Waals surface area (Å²) in [6.07, 6.45) is 0.0268. The molecule has 0 N–H and O–H groups in total. The summed E-state index contributed by atoms with van der Waals surface area (Å²) in [5.41, 5.74) is 3.45. The Morgan fingerprint density at radius 2 is 1.29 bits per heavy atom. The molecule has 0 spiro atoms. The van der Waals surface area contributed by atoms with E-state index in [9.17, 15) is 9.59 Å². The third-order valence-electron chi connectivity index (χ3n) is 4.26. The van der Waals surface area contributed by atoms with Crippen molar-refractivity contribution in [3.05, 3.63) is 70.8 Å². The SMILES string of the molecule is Cc1ccc(C(=O)C[C@@H](C)[C@H](C)OC(=O)c2ccc(C)cc2)cc1. The number of Topliss-reactive ketones (excluding diaryl/α,β-unsaturated/α-hetero) is 1. The van der Waals surface area contributed by atoms with E-state index in [1.807, 2.05) is 64.1 Å². The van der Waals surface area contributed by atoms with Gasteiger partial charge in [0.2, 0.25) is 0 Å². The highest BCUT2D eigenvalue weighted by molar-refractivity contribution is 5.96. The molecule has 3 heteroatoms. The van der Waals surface area contributed by atoms with Crippen LogP contribution in [0, 0.1) is 19.8 Å². The van der Waals surface area contributed by atoms with E-state index in [1.165, 1.54) is 0 Å². The van der Waals surface area contributed by atoms with Crippen LogP contribution in [-0.2, 0) is 4.74 Å². The lowest BCUT2D eigenvalue weighted by Gasteiger charge is -2.20. The van der Waals surface area contributed by atoms with E-state index >= 15 is 0 Å². The van der Waals surface area contributed by atoms with Gasteiger partial charge in [0.1, 0.15) is 6.10 Å². The lowest BCUT2D eigenvalue weighted by Crippen LogP contribution is -2.24. The normalized spacial score (nSPS) is 13.2. The zero-order valence-corrected chi connectivity index (χ0v) is 14.7. The highest BCUT2D eigenvalue weighted by atomic mass is 16.5. The molecule has 0 bridgehead atoms. The van der Waals surface area contributed by atoms with Crippen molar-refractivity contribution in [1.82, 2.24) is 0 Å². The largest absolute Gasteiger partial charge is 0.459 e. The standard InChI is InChI=1S/C21H24O3/c1-14-5-9-18(10-6-14)20(22)13-16(3)17(4)24-21(23)19-11-7-15(2)8-12-19/h5-12,16-17H,13H2,1-4H3/t16-,17+/m1/s1. The number of carbonyl (C=O) groups excluding carboxylic acids is 2. The Balaban J connectivity index is 1.92. The van der Waals surface area contributed by atoms with Gasteiger partial charge in [0, 0.05) is 17.9 Å². The van der Waals surface area contributed by atoms with Crippen LogP contribution in [0.4, 0.5) is 0 Å². The predicted molar refractivity (Wildman–Crippen MR) is 95.3 cm³/mol. The molecule has 2 rings (SSSR count). The summed E-state index contributed by atoms with van der Waals surface area (Å²) in [6.45, 7) is 7.72. The Kier molecular flexibility index (Phi) is 5.91. The van der Waals surface area contributed by atoms with Crippen molar-refractivity contribution >= 4 is 11.8 Å². The third-order valence-corrected chi connectivity index (χ3v) is 4.26. The van der Waals surface area contributed by atoms with Crippen LogP contribution in [0.2, 0.25) is 0 Å². The highest BCUT2D eigenvalue weighted by Gasteiger charge is 2.21. The number of hydrogen-bond acceptors (Lipinski definition) is 3. The Hall–Kier alpha value is -2.42. The summed E-state index contributed by atoms with van der Waals surface area (Å²) in [5, 5.41) is 0. The van der Waals surface area contributed by atoms with Crippen molar-refractivity contribution < 1.29 is 14.3 Å². The predicted octanol–water partition coefficient (Wildman–Crippen LogP) is 4.76. The van der Waals surface area contributed by atoms with Crippen molar-refractivity contribution in [3.8, 4) is 0 Å². The number of carbonyl (C=O) groups is 2. The molecule has 0 saturated heterocycles. The average molecular weight is 324 g/mol. The molecule has 0 amide bonds. The quantitative estimate of drug-likeness (QED) is 0.568. The van der Waals surface area contributed by atoms with E-state index in [0.717, 1.165) is 11.1 Å². The fraction of sp³-hybridized carbons (Fsp3) is 0.333. The average Bonchev–Trinajstić information content (AvgIpc) is 2.55. The molecule has 0 aliphatic rings. The van der Waals surface area contributed by atoms with Gasteiger partial charge in [-0.3, -0.25) is 4.79 Å². The first-order valence-corrected chi connectivity index (χ1v) is 8.24. The Bertz CT molecular complexity index is 635. The van der Waals surface area contributed by atoms with E-state index < -0.39 is 0 Å². The van der Waals surface area contributed by atoms with Gasteiger partial charge in [0.05, 0.1) is 5.56 Å². The summed E-state index contributed by atoms with van der Waals surface area (Å²) < 4.78 is 5.50. The van der Waals surface area contributed by atoms with Crippen molar-refractivity contribution in [2.75, 3.05) is 0 Å². The fourth-order valence-electron chi connectivity index (χ4n) is 2.36. The topological polar surface area (TPSA) is 43.4 Å². The molecule has 2 aromatic carbocycles. The molecule has 24 heavy (non-hydrogen) atoms. The van der Waals surface area contributed by atoms with E-state index in [0.29, 0.717) is 17.5 Å². The summed E-state index contributed by atoms with van der Waals surface area (Å²) in [7, 11) is 0. The molecule has 0 aliphatic heterocycles. The van der Waals surface area contributed by atoms with Crippen LogP contribution in [0.1, 0.15) is 52.1 Å². The molecule has 0 radical (unpaired) electrons. The monoisotopic (exact) mass is 324 g/mol. The van der Waals surface area contributed by atoms with Gasteiger partial charge in [0.25, 0.3) is 0 Å². The number of ketones is 1. The van der Waals surface area contributed by atoms with Crippen LogP contribution >= 0.6 is 0 Å². The first-order valence-electron chi connectivity index (χ1n) is 8.24. The molecule has 2 atom stereocenters. The maximum absolute atomic E-state index is 12.3. The second-order valence-corrected chi connectivity index (χ2v) is 6.45. The molecular weight excluding hydrogens is 300 g/mol. The zero-order chi connectivity index (χ0) is 17.7. The summed E-state index contributed by atoms with van der Waals surface area (Å²) in [6, 6.07) is 14.8. The van der Waals surface area contributed by atoms with Crippen LogP contribution in [-0.4, -0.2) is 17.9 Å². The van der Waals surface area contributed by atoms with Gasteiger partial charge in [-0.15, -0.1) is 0 Å². The lowest BCUT2D eigenvalue weighted by molar-refractivity contribution is 0.0206. The van der Waals surface area contributed by atoms with Gasteiger partial charge in [-0.2, -0.15) is 0 Å². The minimum Gasteiger partial charge on any atom is -0.459 e. The van der Waals surface area contributed by atoms with Crippen LogP contribution < -0.4 is 0 Å². The van der Waals surface area contributed by atoms with Gasteiger partial charge >= 0.3 is 5.97 Å². The van der Waals surface area contributed by atoms with Crippen LogP contribution in [0.3, 0.4) is 0 Å². The second kappa shape index (κ2) is 7.91. The van der Waals surface area contributed by atoms with Crippen LogP contribution in [0.15, 0.2) is 48.5 Å². The number of aryl methyl sites for hydroxylation is 2. The summed E-state index contributed by atoms with van der Waals surface area (Å²) in [5.74, 6) is -0.328. The van der Waals surface area contributed by atoms with Gasteiger partial charge < -0.3 is 4.74 Å². The minimum atomic E-state index is -0.350. The molecule has 0 unspecified atom stereocenters. The Morgan fingerprint density at radius 3 is 1.79 bits per heavy atom. The maximum Gasteiger partial charge on any atom is 0.338 e. The van der Waals surface area contributed by atoms with Gasteiger partial charge in [0.15, 0.2) is 5.78 Å². The van der Waals surface area contributed by atoms with Crippen molar-refractivity contribution in [1.29, 1.82) is 0 Å². The number of esters is 1. The number of hydrogen-bond donors (Lipinski definition) is 0. The van der Waals surface area contributed by atoms with E-state index in [-0.39, 0.29) is 23.8 Å². The molecule has 0 saturated carbocycles. The van der Waals surface area contributed by atoms with Crippen molar-refractivity contribution in [3.63, 3.8) is 0 Å². The molecule has 0 aromatic heterocycles. The van der Waals surface area contributed by atoms with Gasteiger partial charge in [-0.1, -0.05) is 54.4 Å². The Labute approximate surface area is 143 Å². The molecule has 0 aliphatic carbocycles. The summed E-state index contributed by atoms with van der Waals surface area (Å²) in [4.78, 5) is 24.5. The van der Waals surface area contributed by atoms with Crippen LogP contribution in [0.5, 0.6) is 0 Å². The highest BCUT2D eigenvalue weighted by Crippen LogP contribution is 2.17. The van der Waals surface area contributed by atoms with E-state index in [1.54, 1.807) is 12.1 Å².